The molecule has 2 aromatic carbocycles. The highest BCUT2D eigenvalue weighted by Crippen LogP contribution is 2.36. The van der Waals surface area contributed by atoms with Crippen LogP contribution in [0.1, 0.15) is 21.5 Å². The van der Waals surface area contributed by atoms with Gasteiger partial charge in [-0.25, -0.2) is 0 Å². The fourth-order valence-corrected chi connectivity index (χ4v) is 2.98. The molecule has 1 aliphatic heterocycles. The van der Waals surface area contributed by atoms with Gasteiger partial charge in [0.2, 0.25) is 0 Å². The number of aliphatic hydroxyl groups excluding tert-OH is 1. The maximum Gasteiger partial charge on any atom is 0.299 e. The summed E-state index contributed by atoms with van der Waals surface area (Å²) in [6.45, 7) is 0.307. The third-order valence-corrected chi connectivity index (χ3v) is 4.13. The Labute approximate surface area is 130 Å². The Kier molecular flexibility index (Phi) is 3.61. The lowest BCUT2D eigenvalue weighted by Gasteiger charge is -2.18. The van der Waals surface area contributed by atoms with E-state index >= 15 is 0 Å². The molecule has 1 amide bonds. The molecular weight excluding hydrogens is 334 g/mol. The Morgan fingerprint density at radius 1 is 1.00 bits per heavy atom. The number of ketones is 1. The van der Waals surface area contributed by atoms with E-state index in [0.717, 1.165) is 15.6 Å². The largest absolute Gasteiger partial charge is 0.392 e. The predicted molar refractivity (Wildman–Crippen MR) is 82.0 cm³/mol. The van der Waals surface area contributed by atoms with E-state index in [2.05, 4.69) is 15.9 Å². The van der Waals surface area contributed by atoms with Crippen LogP contribution in [-0.2, 0) is 17.9 Å². The van der Waals surface area contributed by atoms with E-state index in [0.29, 0.717) is 17.8 Å². The van der Waals surface area contributed by atoms with Crippen LogP contribution in [0.2, 0.25) is 0 Å². The number of fused-ring (bicyclic) bond motifs is 1. The van der Waals surface area contributed by atoms with Crippen LogP contribution >= 0.6 is 15.9 Å². The number of rotatable bonds is 3. The highest BCUT2D eigenvalue weighted by atomic mass is 79.9. The van der Waals surface area contributed by atoms with Gasteiger partial charge in [-0.05, 0) is 39.2 Å². The highest BCUT2D eigenvalue weighted by molar-refractivity contribution is 9.10. The van der Waals surface area contributed by atoms with E-state index in [-0.39, 0.29) is 6.61 Å². The van der Waals surface area contributed by atoms with E-state index in [9.17, 15) is 9.59 Å². The van der Waals surface area contributed by atoms with Gasteiger partial charge in [0.25, 0.3) is 11.7 Å². The Morgan fingerprint density at radius 2 is 1.67 bits per heavy atom. The highest BCUT2D eigenvalue weighted by Gasteiger charge is 2.36. The van der Waals surface area contributed by atoms with Crippen LogP contribution in [0.5, 0.6) is 0 Å². The van der Waals surface area contributed by atoms with E-state index < -0.39 is 11.7 Å². The molecule has 2 aromatic rings. The van der Waals surface area contributed by atoms with Gasteiger partial charge in [0.1, 0.15) is 0 Å². The van der Waals surface area contributed by atoms with Crippen LogP contribution in [-0.4, -0.2) is 16.8 Å². The maximum atomic E-state index is 12.2. The summed E-state index contributed by atoms with van der Waals surface area (Å²) in [6, 6.07) is 12.5. The zero-order valence-electron chi connectivity index (χ0n) is 11.0. The first kappa shape index (κ1) is 14.0. The lowest BCUT2D eigenvalue weighted by Crippen LogP contribution is -2.29. The van der Waals surface area contributed by atoms with Gasteiger partial charge in [0, 0.05) is 4.47 Å². The summed E-state index contributed by atoms with van der Waals surface area (Å²) in [5.41, 5.74) is 2.76. The van der Waals surface area contributed by atoms with Crippen molar-refractivity contribution in [3.63, 3.8) is 0 Å². The second-order valence-corrected chi connectivity index (χ2v) is 5.69. The van der Waals surface area contributed by atoms with Gasteiger partial charge in [0.15, 0.2) is 0 Å². The smallest absolute Gasteiger partial charge is 0.299 e. The summed E-state index contributed by atoms with van der Waals surface area (Å²) < 4.78 is 0.728. The van der Waals surface area contributed by atoms with E-state index in [1.807, 2.05) is 18.2 Å². The molecule has 0 saturated carbocycles. The summed E-state index contributed by atoms with van der Waals surface area (Å²) in [5, 5.41) is 9.04. The fourth-order valence-electron chi connectivity index (χ4n) is 2.40. The molecule has 0 spiro atoms. The second-order valence-electron chi connectivity index (χ2n) is 4.83. The van der Waals surface area contributed by atoms with Crippen molar-refractivity contribution >= 4 is 33.3 Å². The molecule has 0 bridgehead atoms. The van der Waals surface area contributed by atoms with Crippen molar-refractivity contribution in [3.8, 4) is 0 Å². The molecule has 5 heteroatoms. The molecule has 0 radical (unpaired) electrons. The number of hydrogen-bond donors (Lipinski definition) is 1. The lowest BCUT2D eigenvalue weighted by molar-refractivity contribution is -0.114. The molecule has 0 saturated heterocycles. The van der Waals surface area contributed by atoms with Crippen LogP contribution in [0.15, 0.2) is 46.9 Å². The van der Waals surface area contributed by atoms with Crippen molar-refractivity contribution in [1.29, 1.82) is 0 Å². The molecule has 4 nitrogen and oxygen atoms in total. The van der Waals surface area contributed by atoms with Crippen molar-refractivity contribution < 1.29 is 14.7 Å². The lowest BCUT2D eigenvalue weighted by atomic mass is 10.1. The number of carbonyl (C=O) groups is 2. The number of amides is 1. The zero-order chi connectivity index (χ0) is 15.0. The Hall–Kier alpha value is -1.98. The summed E-state index contributed by atoms with van der Waals surface area (Å²) in [7, 11) is 0. The number of para-hydroxylation sites is 1. The molecule has 0 unspecified atom stereocenters. The number of carbonyl (C=O) groups excluding carboxylic acids is 2. The average molecular weight is 346 g/mol. The van der Waals surface area contributed by atoms with Crippen LogP contribution in [0.3, 0.4) is 0 Å². The van der Waals surface area contributed by atoms with Gasteiger partial charge >= 0.3 is 0 Å². The zero-order valence-corrected chi connectivity index (χ0v) is 12.6. The molecule has 0 aromatic heterocycles. The summed E-state index contributed by atoms with van der Waals surface area (Å²) in [4.78, 5) is 25.6. The van der Waals surface area contributed by atoms with Crippen molar-refractivity contribution in [2.24, 2.45) is 0 Å². The molecule has 21 heavy (non-hydrogen) atoms. The topological polar surface area (TPSA) is 57.6 Å². The summed E-state index contributed by atoms with van der Waals surface area (Å²) in [6.07, 6.45) is 0. The van der Waals surface area contributed by atoms with Crippen LogP contribution < -0.4 is 4.90 Å². The first-order valence-corrected chi connectivity index (χ1v) is 7.24. The maximum absolute atomic E-state index is 12.2. The molecule has 0 aliphatic carbocycles. The van der Waals surface area contributed by atoms with Crippen LogP contribution in [0.25, 0.3) is 0 Å². The number of Topliss-reactive ketones (excluding diaryl/α,β-unsaturated/α-hetero) is 1. The Balaban J connectivity index is 1.96. The van der Waals surface area contributed by atoms with Crippen molar-refractivity contribution in [2.45, 2.75) is 13.2 Å². The van der Waals surface area contributed by atoms with E-state index in [4.69, 9.17) is 5.11 Å². The van der Waals surface area contributed by atoms with Gasteiger partial charge in [-0.2, -0.15) is 0 Å². The predicted octanol–water partition coefficient (Wildman–Crippen LogP) is 2.67. The average Bonchev–Trinajstić information content (AvgIpc) is 2.74. The van der Waals surface area contributed by atoms with Gasteiger partial charge in [-0.1, -0.05) is 30.3 Å². The summed E-state index contributed by atoms with van der Waals surface area (Å²) in [5.74, 6) is -0.985. The first-order valence-electron chi connectivity index (χ1n) is 6.45. The molecule has 1 aliphatic rings. The number of halogens is 1. The molecule has 3 rings (SSSR count). The fraction of sp³-hybridized carbons (Fsp3) is 0.125. The van der Waals surface area contributed by atoms with Crippen LogP contribution in [0, 0.1) is 0 Å². The standard InChI is InChI=1S/C16H12BrNO3/c17-13-3-1-2-12-14(13)18(16(21)15(12)20)8-10-4-6-11(9-19)7-5-10/h1-7,19H,8-9H2. The Bertz CT molecular complexity index is 725. The number of nitrogens with zero attached hydrogens (tertiary/aromatic N) is 1. The van der Waals surface area contributed by atoms with Crippen molar-refractivity contribution in [1.82, 2.24) is 0 Å². The van der Waals surface area contributed by atoms with Crippen LogP contribution in [0.4, 0.5) is 5.69 Å². The molecule has 1 N–H and O–H groups in total. The van der Waals surface area contributed by atoms with Gasteiger partial charge in [0.05, 0.1) is 24.4 Å². The molecule has 106 valence electrons. The number of hydrogen-bond acceptors (Lipinski definition) is 3. The minimum atomic E-state index is -0.511. The molecular formula is C16H12BrNO3. The molecule has 0 fully saturated rings. The third-order valence-electron chi connectivity index (χ3n) is 3.49. The minimum Gasteiger partial charge on any atom is -0.392 e. The first-order chi connectivity index (χ1) is 10.1. The summed E-state index contributed by atoms with van der Waals surface area (Å²) >= 11 is 3.40. The van der Waals surface area contributed by atoms with Gasteiger partial charge in [-0.3, -0.25) is 14.5 Å². The Morgan fingerprint density at radius 3 is 2.33 bits per heavy atom. The third kappa shape index (κ3) is 2.39. The second kappa shape index (κ2) is 5.42. The van der Waals surface area contributed by atoms with Gasteiger partial charge in [-0.15, -0.1) is 0 Å². The van der Waals surface area contributed by atoms with Crippen molar-refractivity contribution in [3.05, 3.63) is 63.6 Å². The molecule has 1 heterocycles. The molecule has 0 atom stereocenters. The SMILES string of the molecule is O=C1C(=O)N(Cc2ccc(CO)cc2)c2c(Br)cccc21. The van der Waals surface area contributed by atoms with Crippen molar-refractivity contribution in [2.75, 3.05) is 4.90 Å². The van der Waals surface area contributed by atoms with E-state index in [1.54, 1.807) is 24.3 Å². The monoisotopic (exact) mass is 345 g/mol. The number of anilines is 1. The number of aliphatic hydroxyl groups is 1. The minimum absolute atomic E-state index is 0.0181. The van der Waals surface area contributed by atoms with E-state index in [1.165, 1.54) is 4.90 Å². The quantitative estimate of drug-likeness (QED) is 0.870. The number of benzene rings is 2. The normalized spacial score (nSPS) is 13.7. The van der Waals surface area contributed by atoms with Gasteiger partial charge < -0.3 is 5.11 Å².